The quantitative estimate of drug-likeness (QED) is 0.462. The van der Waals surface area contributed by atoms with Crippen molar-refractivity contribution in [2.75, 3.05) is 6.54 Å². The van der Waals surface area contributed by atoms with Gasteiger partial charge in [-0.15, -0.1) is 0 Å². The Bertz CT molecular complexity index is 759. The maximum Gasteiger partial charge on any atom is 0.269 e. The normalized spacial score (nSPS) is 10.3. The summed E-state index contributed by atoms with van der Waals surface area (Å²) < 4.78 is 0. The average molecular weight is 327 g/mol. The van der Waals surface area contributed by atoms with Crippen LogP contribution in [0.2, 0.25) is 0 Å². The van der Waals surface area contributed by atoms with Crippen LogP contribution in [0.4, 0.5) is 5.69 Å². The van der Waals surface area contributed by atoms with E-state index in [0.29, 0.717) is 11.1 Å². The van der Waals surface area contributed by atoms with Gasteiger partial charge in [-0.2, -0.15) is 5.10 Å². The second kappa shape index (κ2) is 8.13. The minimum atomic E-state index is -0.506. The Balaban J connectivity index is 1.78. The van der Waals surface area contributed by atoms with Gasteiger partial charge in [0, 0.05) is 30.1 Å². The Hall–Kier alpha value is -3.62. The van der Waals surface area contributed by atoms with Gasteiger partial charge in [-0.3, -0.25) is 24.7 Å². The minimum absolute atomic E-state index is 0.0324. The molecular weight excluding hydrogens is 314 g/mol. The Morgan fingerprint density at radius 2 is 1.83 bits per heavy atom. The number of non-ortho nitro benzene ring substituents is 1. The summed E-state index contributed by atoms with van der Waals surface area (Å²) in [6, 6.07) is 8.72. The highest BCUT2D eigenvalue weighted by Crippen LogP contribution is 2.10. The fourth-order valence-electron chi connectivity index (χ4n) is 1.67. The number of hydrazone groups is 1. The highest BCUT2D eigenvalue weighted by Gasteiger charge is 2.07. The van der Waals surface area contributed by atoms with Crippen LogP contribution in [0.1, 0.15) is 15.9 Å². The maximum atomic E-state index is 11.7. The number of benzene rings is 1. The van der Waals surface area contributed by atoms with E-state index in [2.05, 4.69) is 20.8 Å². The van der Waals surface area contributed by atoms with Crippen molar-refractivity contribution >= 4 is 23.7 Å². The molecule has 0 fully saturated rings. The highest BCUT2D eigenvalue weighted by atomic mass is 16.6. The SMILES string of the molecule is O=C(CNC(=O)c1ccncc1)N/N=C/c1ccc([N+](=O)[O-])cc1. The number of pyridine rings is 1. The lowest BCUT2D eigenvalue weighted by atomic mass is 10.2. The molecular formula is C15H13N5O4. The van der Waals surface area contributed by atoms with E-state index in [1.807, 2.05) is 0 Å². The predicted octanol–water partition coefficient (Wildman–Crippen LogP) is 0.870. The largest absolute Gasteiger partial charge is 0.343 e. The summed E-state index contributed by atoms with van der Waals surface area (Å²) in [5.41, 5.74) is 3.19. The van der Waals surface area contributed by atoms with Crippen LogP contribution in [0, 0.1) is 10.1 Å². The van der Waals surface area contributed by atoms with Gasteiger partial charge in [0.1, 0.15) is 0 Å². The number of nitro benzene ring substituents is 1. The Morgan fingerprint density at radius 3 is 2.46 bits per heavy atom. The zero-order valence-corrected chi connectivity index (χ0v) is 12.4. The van der Waals surface area contributed by atoms with Gasteiger partial charge in [-0.1, -0.05) is 0 Å². The fourth-order valence-corrected chi connectivity index (χ4v) is 1.67. The van der Waals surface area contributed by atoms with E-state index in [0.717, 1.165) is 0 Å². The van der Waals surface area contributed by atoms with E-state index >= 15 is 0 Å². The van der Waals surface area contributed by atoms with E-state index in [4.69, 9.17) is 0 Å². The molecule has 1 heterocycles. The average Bonchev–Trinajstić information content (AvgIpc) is 2.61. The molecule has 2 aromatic rings. The molecule has 0 aliphatic rings. The van der Waals surface area contributed by atoms with Crippen molar-refractivity contribution in [3.05, 3.63) is 70.0 Å². The van der Waals surface area contributed by atoms with Gasteiger partial charge in [0.25, 0.3) is 17.5 Å². The smallest absolute Gasteiger partial charge is 0.269 e. The first-order chi connectivity index (χ1) is 11.6. The Kier molecular flexibility index (Phi) is 5.67. The third-order valence-electron chi connectivity index (χ3n) is 2.86. The van der Waals surface area contributed by atoms with E-state index in [1.54, 1.807) is 0 Å². The summed E-state index contributed by atoms with van der Waals surface area (Å²) >= 11 is 0. The minimum Gasteiger partial charge on any atom is -0.343 e. The van der Waals surface area contributed by atoms with Crippen molar-refractivity contribution in [3.63, 3.8) is 0 Å². The van der Waals surface area contributed by atoms with Gasteiger partial charge in [0.05, 0.1) is 17.7 Å². The molecule has 24 heavy (non-hydrogen) atoms. The molecule has 0 bridgehead atoms. The van der Waals surface area contributed by atoms with Crippen LogP contribution in [0.25, 0.3) is 0 Å². The molecule has 2 rings (SSSR count). The van der Waals surface area contributed by atoms with Crippen LogP contribution in [-0.4, -0.2) is 34.5 Å². The molecule has 0 aliphatic carbocycles. The van der Waals surface area contributed by atoms with Crippen LogP contribution < -0.4 is 10.7 Å². The van der Waals surface area contributed by atoms with Crippen LogP contribution in [0.5, 0.6) is 0 Å². The number of hydrogen-bond acceptors (Lipinski definition) is 6. The van der Waals surface area contributed by atoms with Crippen molar-refractivity contribution < 1.29 is 14.5 Å². The van der Waals surface area contributed by atoms with Crippen LogP contribution in [0.3, 0.4) is 0 Å². The summed E-state index contributed by atoms with van der Waals surface area (Å²) in [4.78, 5) is 37.1. The summed E-state index contributed by atoms with van der Waals surface area (Å²) in [6.07, 6.45) is 4.29. The summed E-state index contributed by atoms with van der Waals surface area (Å²) in [5.74, 6) is -0.900. The van der Waals surface area contributed by atoms with Crippen LogP contribution >= 0.6 is 0 Å². The second-order valence-corrected chi connectivity index (χ2v) is 4.56. The van der Waals surface area contributed by atoms with Crippen LogP contribution in [-0.2, 0) is 4.79 Å². The van der Waals surface area contributed by atoms with E-state index in [9.17, 15) is 19.7 Å². The molecule has 2 amide bonds. The number of nitrogens with one attached hydrogen (secondary N) is 2. The second-order valence-electron chi connectivity index (χ2n) is 4.56. The van der Waals surface area contributed by atoms with Crippen molar-refractivity contribution in [1.29, 1.82) is 0 Å². The number of nitrogens with zero attached hydrogens (tertiary/aromatic N) is 3. The zero-order chi connectivity index (χ0) is 17.4. The number of hydrogen-bond donors (Lipinski definition) is 2. The number of carbonyl (C=O) groups excluding carboxylic acids is 2. The highest BCUT2D eigenvalue weighted by molar-refractivity contribution is 5.96. The van der Waals surface area contributed by atoms with Gasteiger partial charge in [-0.05, 0) is 29.8 Å². The standard InChI is InChI=1S/C15H13N5O4/c21-14(10-17-15(22)12-5-7-16-8-6-12)19-18-9-11-1-3-13(4-2-11)20(23)24/h1-9H,10H2,(H,17,22)(H,19,21)/b18-9+. The van der Waals surface area contributed by atoms with Crippen molar-refractivity contribution in [3.8, 4) is 0 Å². The molecule has 0 saturated heterocycles. The number of aromatic nitrogens is 1. The van der Waals surface area contributed by atoms with Crippen molar-refractivity contribution in [2.24, 2.45) is 5.10 Å². The molecule has 1 aromatic carbocycles. The summed E-state index contributed by atoms with van der Waals surface area (Å²) in [5, 5.41) is 16.7. The predicted molar refractivity (Wildman–Crippen MR) is 85.4 cm³/mol. The number of nitro groups is 1. The molecule has 122 valence electrons. The topological polar surface area (TPSA) is 127 Å². The molecule has 9 heteroatoms. The summed E-state index contributed by atoms with van der Waals surface area (Å²) in [6.45, 7) is -0.237. The molecule has 0 saturated carbocycles. The van der Waals surface area contributed by atoms with E-state index < -0.39 is 16.7 Å². The molecule has 0 atom stereocenters. The molecule has 9 nitrogen and oxygen atoms in total. The lowest BCUT2D eigenvalue weighted by Crippen LogP contribution is -2.34. The Labute approximate surface area is 136 Å². The van der Waals surface area contributed by atoms with E-state index in [-0.39, 0.29) is 12.2 Å². The maximum absolute atomic E-state index is 11.7. The number of rotatable bonds is 6. The first kappa shape index (κ1) is 16.7. The van der Waals surface area contributed by atoms with Gasteiger partial charge in [0.2, 0.25) is 0 Å². The first-order valence-electron chi connectivity index (χ1n) is 6.81. The van der Waals surface area contributed by atoms with Gasteiger partial charge in [-0.25, -0.2) is 5.43 Å². The molecule has 2 N–H and O–H groups in total. The van der Waals surface area contributed by atoms with Crippen LogP contribution in [0.15, 0.2) is 53.9 Å². The first-order valence-corrected chi connectivity index (χ1v) is 6.81. The molecule has 0 spiro atoms. The van der Waals surface area contributed by atoms with Gasteiger partial charge < -0.3 is 5.32 Å². The molecule has 0 radical (unpaired) electrons. The molecule has 1 aromatic heterocycles. The molecule has 0 aliphatic heterocycles. The third kappa shape index (κ3) is 4.98. The zero-order valence-electron chi connectivity index (χ0n) is 12.4. The third-order valence-corrected chi connectivity index (χ3v) is 2.86. The van der Waals surface area contributed by atoms with Gasteiger partial charge in [0.15, 0.2) is 0 Å². The number of carbonyl (C=O) groups is 2. The van der Waals surface area contributed by atoms with E-state index in [1.165, 1.54) is 55.0 Å². The lowest BCUT2D eigenvalue weighted by molar-refractivity contribution is -0.384. The molecule has 0 unspecified atom stereocenters. The van der Waals surface area contributed by atoms with Crippen molar-refractivity contribution in [1.82, 2.24) is 15.7 Å². The Morgan fingerprint density at radius 1 is 1.17 bits per heavy atom. The lowest BCUT2D eigenvalue weighted by Gasteiger charge is -2.03. The summed E-state index contributed by atoms with van der Waals surface area (Å²) in [7, 11) is 0. The monoisotopic (exact) mass is 327 g/mol. The van der Waals surface area contributed by atoms with Crippen molar-refractivity contribution in [2.45, 2.75) is 0 Å². The van der Waals surface area contributed by atoms with Gasteiger partial charge >= 0.3 is 0 Å². The fraction of sp³-hybridized carbons (Fsp3) is 0.0667. The number of amides is 2.